The van der Waals surface area contributed by atoms with Crippen molar-refractivity contribution < 1.29 is 9.21 Å². The van der Waals surface area contributed by atoms with Gasteiger partial charge in [0.25, 0.3) is 5.91 Å². The van der Waals surface area contributed by atoms with E-state index in [0.717, 1.165) is 25.0 Å². The van der Waals surface area contributed by atoms with Crippen molar-refractivity contribution in [1.29, 1.82) is 0 Å². The molecule has 0 saturated heterocycles. The van der Waals surface area contributed by atoms with E-state index in [-0.39, 0.29) is 5.91 Å². The van der Waals surface area contributed by atoms with Gasteiger partial charge in [-0.2, -0.15) is 0 Å². The maximum Gasteiger partial charge on any atom is 0.287 e. The summed E-state index contributed by atoms with van der Waals surface area (Å²) in [5.74, 6) is 1.22. The largest absolute Gasteiger partial charge is 0.456 e. The van der Waals surface area contributed by atoms with Gasteiger partial charge in [0.15, 0.2) is 5.76 Å². The minimum Gasteiger partial charge on any atom is -0.456 e. The Balaban J connectivity index is 1.93. The summed E-state index contributed by atoms with van der Waals surface area (Å²) in [6.45, 7) is 6.52. The molecule has 1 unspecified atom stereocenters. The van der Waals surface area contributed by atoms with Crippen LogP contribution in [0.3, 0.4) is 0 Å². The van der Waals surface area contributed by atoms with E-state index in [2.05, 4.69) is 19.2 Å². The van der Waals surface area contributed by atoms with Crippen molar-refractivity contribution in [2.24, 2.45) is 5.41 Å². The highest BCUT2D eigenvalue weighted by atomic mass is 16.3. The fourth-order valence-corrected chi connectivity index (χ4v) is 2.51. The molecule has 2 rings (SSSR count). The molecular weight excluding hydrogens is 214 g/mol. The summed E-state index contributed by atoms with van der Waals surface area (Å²) in [4.78, 5) is 11.9. The summed E-state index contributed by atoms with van der Waals surface area (Å²) in [7, 11) is 0. The van der Waals surface area contributed by atoms with Gasteiger partial charge in [-0.15, -0.1) is 0 Å². The van der Waals surface area contributed by atoms with Crippen LogP contribution >= 0.6 is 0 Å². The summed E-state index contributed by atoms with van der Waals surface area (Å²) in [6, 6.07) is 3.93. The maximum absolute atomic E-state index is 11.9. The highest BCUT2D eigenvalue weighted by Crippen LogP contribution is 2.36. The van der Waals surface area contributed by atoms with E-state index in [4.69, 9.17) is 4.42 Å². The van der Waals surface area contributed by atoms with Crippen LogP contribution in [0.1, 0.15) is 56.3 Å². The minimum absolute atomic E-state index is 0.0765. The minimum atomic E-state index is -0.0765. The van der Waals surface area contributed by atoms with E-state index in [1.165, 1.54) is 6.42 Å². The molecule has 1 aliphatic carbocycles. The second-order valence-electron chi connectivity index (χ2n) is 5.70. The molecule has 0 spiro atoms. The first kappa shape index (κ1) is 12.2. The van der Waals surface area contributed by atoms with Crippen LogP contribution < -0.4 is 5.32 Å². The summed E-state index contributed by atoms with van der Waals surface area (Å²) < 4.78 is 5.44. The molecule has 1 atom stereocenters. The van der Waals surface area contributed by atoms with Crippen LogP contribution in [0.4, 0.5) is 0 Å². The third-order valence-corrected chi connectivity index (χ3v) is 3.54. The Bertz CT molecular complexity index is 406. The standard InChI is InChI=1S/C14H21NO2/c1-4-11-5-6-12(17-11)13(16)15-10-7-8-14(2,3)9-10/h5-6,10H,4,7-9H2,1-3H3,(H,15,16). The normalized spacial score (nSPS) is 22.6. The van der Waals surface area contributed by atoms with Gasteiger partial charge >= 0.3 is 0 Å². The Kier molecular flexibility index (Phi) is 3.27. The molecule has 0 aromatic carbocycles. The molecule has 1 heterocycles. The Morgan fingerprint density at radius 3 is 2.82 bits per heavy atom. The van der Waals surface area contributed by atoms with Crippen molar-refractivity contribution in [3.63, 3.8) is 0 Å². The van der Waals surface area contributed by atoms with Crippen molar-refractivity contribution in [2.45, 2.75) is 52.5 Å². The zero-order chi connectivity index (χ0) is 12.5. The molecule has 1 aliphatic rings. The van der Waals surface area contributed by atoms with Gasteiger partial charge in [-0.25, -0.2) is 0 Å². The predicted octanol–water partition coefficient (Wildman–Crippen LogP) is 3.15. The summed E-state index contributed by atoms with van der Waals surface area (Å²) in [6.07, 6.45) is 4.13. The van der Waals surface area contributed by atoms with Crippen LogP contribution in [0.5, 0.6) is 0 Å². The van der Waals surface area contributed by atoms with Gasteiger partial charge in [-0.3, -0.25) is 4.79 Å². The molecule has 0 bridgehead atoms. The van der Waals surface area contributed by atoms with Gasteiger partial charge in [0.1, 0.15) is 5.76 Å². The van der Waals surface area contributed by atoms with Crippen LogP contribution in [0.15, 0.2) is 16.5 Å². The van der Waals surface area contributed by atoms with Crippen LogP contribution in [0, 0.1) is 5.41 Å². The van der Waals surface area contributed by atoms with E-state index in [1.54, 1.807) is 6.07 Å². The Morgan fingerprint density at radius 2 is 2.29 bits per heavy atom. The number of hydrogen-bond acceptors (Lipinski definition) is 2. The number of aryl methyl sites for hydroxylation is 1. The third kappa shape index (κ3) is 2.90. The first-order valence-electron chi connectivity index (χ1n) is 6.40. The number of hydrogen-bond donors (Lipinski definition) is 1. The Labute approximate surface area is 103 Å². The smallest absolute Gasteiger partial charge is 0.287 e. The Morgan fingerprint density at radius 1 is 1.53 bits per heavy atom. The van der Waals surface area contributed by atoms with E-state index in [1.807, 2.05) is 13.0 Å². The van der Waals surface area contributed by atoms with Crippen molar-refractivity contribution in [3.05, 3.63) is 23.7 Å². The lowest BCUT2D eigenvalue weighted by Crippen LogP contribution is -2.33. The summed E-state index contributed by atoms with van der Waals surface area (Å²) in [5.41, 5.74) is 0.357. The third-order valence-electron chi connectivity index (χ3n) is 3.54. The SMILES string of the molecule is CCc1ccc(C(=O)NC2CCC(C)(C)C2)o1. The topological polar surface area (TPSA) is 42.2 Å². The lowest BCUT2D eigenvalue weighted by Gasteiger charge is -2.17. The molecule has 3 nitrogen and oxygen atoms in total. The monoisotopic (exact) mass is 235 g/mol. The van der Waals surface area contributed by atoms with Crippen molar-refractivity contribution >= 4 is 5.91 Å². The predicted molar refractivity (Wildman–Crippen MR) is 67.0 cm³/mol. The number of rotatable bonds is 3. The number of amides is 1. The zero-order valence-electron chi connectivity index (χ0n) is 10.9. The fourth-order valence-electron chi connectivity index (χ4n) is 2.51. The van der Waals surface area contributed by atoms with Gasteiger partial charge in [0.05, 0.1) is 0 Å². The van der Waals surface area contributed by atoms with E-state index >= 15 is 0 Å². The van der Waals surface area contributed by atoms with Crippen LogP contribution in [0.25, 0.3) is 0 Å². The van der Waals surface area contributed by atoms with Gasteiger partial charge in [-0.05, 0) is 36.8 Å². The quantitative estimate of drug-likeness (QED) is 0.874. The molecule has 1 N–H and O–H groups in total. The van der Waals surface area contributed by atoms with Crippen molar-refractivity contribution in [2.75, 3.05) is 0 Å². The molecule has 0 radical (unpaired) electrons. The molecular formula is C14H21NO2. The molecule has 17 heavy (non-hydrogen) atoms. The first-order chi connectivity index (χ1) is 8.00. The van der Waals surface area contributed by atoms with Gasteiger partial charge in [-0.1, -0.05) is 20.8 Å². The molecule has 1 fully saturated rings. The second-order valence-corrected chi connectivity index (χ2v) is 5.70. The van der Waals surface area contributed by atoms with Gasteiger partial charge < -0.3 is 9.73 Å². The zero-order valence-corrected chi connectivity index (χ0v) is 10.9. The summed E-state index contributed by atoms with van der Waals surface area (Å²) >= 11 is 0. The molecule has 1 aromatic rings. The van der Waals surface area contributed by atoms with E-state index in [0.29, 0.717) is 17.2 Å². The van der Waals surface area contributed by atoms with Crippen LogP contribution in [-0.4, -0.2) is 11.9 Å². The average Bonchev–Trinajstić information content (AvgIpc) is 2.85. The first-order valence-corrected chi connectivity index (χ1v) is 6.40. The molecule has 1 aromatic heterocycles. The molecule has 94 valence electrons. The van der Waals surface area contributed by atoms with Gasteiger partial charge in [0.2, 0.25) is 0 Å². The molecule has 0 aliphatic heterocycles. The van der Waals surface area contributed by atoms with E-state index < -0.39 is 0 Å². The van der Waals surface area contributed by atoms with Gasteiger partial charge in [0, 0.05) is 12.5 Å². The average molecular weight is 235 g/mol. The van der Waals surface area contributed by atoms with E-state index in [9.17, 15) is 4.79 Å². The van der Waals surface area contributed by atoms with Crippen molar-refractivity contribution in [1.82, 2.24) is 5.32 Å². The number of nitrogens with one attached hydrogen (secondary N) is 1. The highest BCUT2D eigenvalue weighted by molar-refractivity contribution is 5.91. The fraction of sp³-hybridized carbons (Fsp3) is 0.643. The second kappa shape index (κ2) is 4.55. The molecule has 1 saturated carbocycles. The number of furan rings is 1. The number of carbonyl (C=O) groups excluding carboxylic acids is 1. The summed E-state index contributed by atoms with van der Waals surface area (Å²) in [5, 5.41) is 3.06. The lowest BCUT2D eigenvalue weighted by atomic mass is 9.92. The lowest BCUT2D eigenvalue weighted by molar-refractivity contribution is 0.0906. The molecule has 3 heteroatoms. The van der Waals surface area contributed by atoms with Crippen LogP contribution in [-0.2, 0) is 6.42 Å². The Hall–Kier alpha value is -1.25. The maximum atomic E-state index is 11.9. The highest BCUT2D eigenvalue weighted by Gasteiger charge is 2.32. The molecule has 1 amide bonds. The van der Waals surface area contributed by atoms with Crippen LogP contribution in [0.2, 0.25) is 0 Å². The van der Waals surface area contributed by atoms with Crippen molar-refractivity contribution in [3.8, 4) is 0 Å². The number of carbonyl (C=O) groups is 1.